The van der Waals surface area contributed by atoms with Crippen LogP contribution in [0.25, 0.3) is 0 Å². The fourth-order valence-electron chi connectivity index (χ4n) is 0.893. The van der Waals surface area contributed by atoms with Crippen molar-refractivity contribution in [1.82, 2.24) is 5.48 Å². The van der Waals surface area contributed by atoms with E-state index >= 15 is 0 Å². The Kier molecular flexibility index (Phi) is 4.90. The van der Waals surface area contributed by atoms with Gasteiger partial charge in [0.2, 0.25) is 0 Å². The van der Waals surface area contributed by atoms with Crippen LogP contribution in [-0.2, 0) is 14.3 Å². The highest BCUT2D eigenvalue weighted by molar-refractivity contribution is 5.95. The zero-order valence-electron chi connectivity index (χ0n) is 9.43. The monoisotopic (exact) mass is 235 g/mol. The summed E-state index contributed by atoms with van der Waals surface area (Å²) in [7, 11) is 0. The molecule has 0 radical (unpaired) electrons. The van der Waals surface area contributed by atoms with Crippen molar-refractivity contribution < 1.29 is 19.2 Å². The lowest BCUT2D eigenvalue weighted by atomic mass is 10.3. The largest absolute Gasteiger partial charge is 0.408 e. The normalized spacial score (nSPS) is 9.47. The van der Waals surface area contributed by atoms with Gasteiger partial charge < -0.3 is 9.57 Å². The summed E-state index contributed by atoms with van der Waals surface area (Å²) < 4.78 is 4.43. The highest BCUT2D eigenvalue weighted by Crippen LogP contribution is 2.06. The van der Waals surface area contributed by atoms with Gasteiger partial charge in [-0.25, -0.2) is 4.79 Å². The number of hydrogen-bond acceptors (Lipinski definition) is 5. The first kappa shape index (κ1) is 12.9. The van der Waals surface area contributed by atoms with Gasteiger partial charge in [-0.1, -0.05) is 24.8 Å². The topological polar surface area (TPSA) is 64.6 Å². The van der Waals surface area contributed by atoms with Gasteiger partial charge >= 0.3 is 11.9 Å². The van der Waals surface area contributed by atoms with Crippen LogP contribution in [-0.4, -0.2) is 18.5 Å². The molecule has 1 aromatic carbocycles. The van der Waals surface area contributed by atoms with Gasteiger partial charge in [0.05, 0.1) is 0 Å². The van der Waals surface area contributed by atoms with E-state index in [4.69, 9.17) is 4.84 Å². The number of para-hydroxylation sites is 1. The molecular formula is C12H13NO4. The number of carbonyl (C=O) groups is 2. The molecule has 0 aliphatic carbocycles. The number of esters is 2. The second-order valence-corrected chi connectivity index (χ2v) is 3.28. The molecule has 0 bridgehead atoms. The lowest BCUT2D eigenvalue weighted by Gasteiger charge is -2.06. The van der Waals surface area contributed by atoms with Crippen molar-refractivity contribution >= 4 is 11.9 Å². The van der Waals surface area contributed by atoms with Gasteiger partial charge in [0.15, 0.2) is 0 Å². The molecule has 1 aromatic rings. The van der Waals surface area contributed by atoms with Gasteiger partial charge in [-0.15, -0.1) is 5.48 Å². The van der Waals surface area contributed by atoms with Crippen molar-refractivity contribution in [2.45, 2.75) is 6.92 Å². The Morgan fingerprint density at radius 1 is 1.29 bits per heavy atom. The van der Waals surface area contributed by atoms with E-state index in [0.717, 1.165) is 0 Å². The second-order valence-electron chi connectivity index (χ2n) is 3.28. The summed E-state index contributed by atoms with van der Waals surface area (Å²) >= 11 is 0. The number of ether oxygens (including phenoxy) is 1. The minimum Gasteiger partial charge on any atom is -0.408 e. The van der Waals surface area contributed by atoms with Gasteiger partial charge in [-0.3, -0.25) is 4.79 Å². The molecule has 0 aliphatic heterocycles. The average molecular weight is 235 g/mol. The van der Waals surface area contributed by atoms with Crippen LogP contribution in [0, 0.1) is 0 Å². The molecule has 0 unspecified atom stereocenters. The highest BCUT2D eigenvalue weighted by Gasteiger charge is 2.10. The Labute approximate surface area is 99.0 Å². The van der Waals surface area contributed by atoms with Crippen molar-refractivity contribution in [2.75, 3.05) is 6.54 Å². The third-order valence-electron chi connectivity index (χ3n) is 1.70. The fraction of sp³-hybridized carbons (Fsp3) is 0.167. The Bertz CT molecular complexity index is 414. The van der Waals surface area contributed by atoms with E-state index in [0.29, 0.717) is 5.75 Å². The first-order chi connectivity index (χ1) is 8.09. The molecular weight excluding hydrogens is 222 g/mol. The van der Waals surface area contributed by atoms with E-state index in [1.807, 2.05) is 6.07 Å². The maximum absolute atomic E-state index is 11.1. The number of benzene rings is 1. The Balaban J connectivity index is 2.25. The van der Waals surface area contributed by atoms with Crippen molar-refractivity contribution in [3.05, 3.63) is 42.5 Å². The third-order valence-corrected chi connectivity index (χ3v) is 1.70. The molecule has 0 aromatic heterocycles. The van der Waals surface area contributed by atoms with Crippen LogP contribution in [0.5, 0.6) is 5.75 Å². The van der Waals surface area contributed by atoms with E-state index in [1.165, 1.54) is 6.92 Å². The predicted molar refractivity (Wildman–Crippen MR) is 61.0 cm³/mol. The van der Waals surface area contributed by atoms with E-state index < -0.39 is 11.9 Å². The summed E-state index contributed by atoms with van der Waals surface area (Å²) in [5.41, 5.74) is 2.56. The Morgan fingerprint density at radius 3 is 2.53 bits per heavy atom. The smallest absolute Gasteiger partial charge is 0.340 e. The van der Waals surface area contributed by atoms with Crippen molar-refractivity contribution in [1.29, 1.82) is 0 Å². The van der Waals surface area contributed by atoms with Crippen LogP contribution in [0.2, 0.25) is 0 Å². The molecule has 0 amide bonds. The van der Waals surface area contributed by atoms with Crippen LogP contribution in [0.3, 0.4) is 0 Å². The van der Waals surface area contributed by atoms with Gasteiger partial charge in [0.25, 0.3) is 0 Å². The summed E-state index contributed by atoms with van der Waals surface area (Å²) in [6.07, 6.45) is 0. The minimum atomic E-state index is -0.739. The van der Waals surface area contributed by atoms with Gasteiger partial charge in [-0.2, -0.15) is 0 Å². The average Bonchev–Trinajstić information content (AvgIpc) is 2.30. The fourth-order valence-corrected chi connectivity index (χ4v) is 0.893. The molecule has 1 rings (SSSR count). The molecule has 0 saturated carbocycles. The third kappa shape index (κ3) is 4.94. The SMILES string of the molecule is C=C(C)C(=O)OC(=O)CNOc1ccccc1. The standard InChI is InChI=1S/C12H13NO4/c1-9(2)12(15)16-11(14)8-13-17-10-6-4-3-5-7-10/h3-7,13H,1,8H2,2H3. The predicted octanol–water partition coefficient (Wildman–Crippen LogP) is 1.22. The molecule has 0 fully saturated rings. The molecule has 0 heterocycles. The molecule has 0 aliphatic rings. The maximum atomic E-state index is 11.1. The molecule has 1 N–H and O–H groups in total. The summed E-state index contributed by atoms with van der Waals surface area (Å²) in [5.74, 6) is -0.906. The highest BCUT2D eigenvalue weighted by atomic mass is 16.7. The van der Waals surface area contributed by atoms with Crippen molar-refractivity contribution in [3.8, 4) is 5.75 Å². The van der Waals surface area contributed by atoms with Gasteiger partial charge in [-0.05, 0) is 19.1 Å². The lowest BCUT2D eigenvalue weighted by Crippen LogP contribution is -2.29. The summed E-state index contributed by atoms with van der Waals surface area (Å²) in [6.45, 7) is 4.59. The van der Waals surface area contributed by atoms with E-state index in [-0.39, 0.29) is 12.1 Å². The first-order valence-electron chi connectivity index (χ1n) is 4.95. The molecule has 0 atom stereocenters. The van der Waals surface area contributed by atoms with Crippen molar-refractivity contribution in [2.24, 2.45) is 0 Å². The van der Waals surface area contributed by atoms with Gasteiger partial charge in [0, 0.05) is 5.57 Å². The minimum absolute atomic E-state index is 0.169. The Morgan fingerprint density at radius 2 is 1.94 bits per heavy atom. The van der Waals surface area contributed by atoms with Crippen LogP contribution in [0.1, 0.15) is 6.92 Å². The summed E-state index contributed by atoms with van der Waals surface area (Å²) in [6, 6.07) is 8.86. The maximum Gasteiger partial charge on any atom is 0.340 e. The molecule has 90 valence electrons. The van der Waals surface area contributed by atoms with E-state index in [9.17, 15) is 9.59 Å². The molecule has 17 heavy (non-hydrogen) atoms. The zero-order chi connectivity index (χ0) is 12.7. The quantitative estimate of drug-likeness (QED) is 0.360. The van der Waals surface area contributed by atoms with Gasteiger partial charge in [0.1, 0.15) is 12.3 Å². The second kappa shape index (κ2) is 6.44. The molecule has 0 spiro atoms. The number of hydrogen-bond donors (Lipinski definition) is 1. The van der Waals surface area contributed by atoms with E-state index in [2.05, 4.69) is 16.8 Å². The van der Waals surface area contributed by atoms with Crippen LogP contribution < -0.4 is 10.3 Å². The lowest BCUT2D eigenvalue weighted by molar-refractivity contribution is -0.157. The van der Waals surface area contributed by atoms with Crippen LogP contribution in [0.4, 0.5) is 0 Å². The summed E-state index contributed by atoms with van der Waals surface area (Å²) in [4.78, 5) is 27.1. The Hall–Kier alpha value is -2.14. The molecule has 5 heteroatoms. The molecule has 0 saturated heterocycles. The van der Waals surface area contributed by atoms with Crippen LogP contribution in [0.15, 0.2) is 42.5 Å². The number of nitrogens with one attached hydrogen (secondary N) is 1. The first-order valence-corrected chi connectivity index (χ1v) is 4.95. The number of hydroxylamine groups is 1. The summed E-state index contributed by atoms with van der Waals surface area (Å²) in [5, 5.41) is 0. The zero-order valence-corrected chi connectivity index (χ0v) is 9.43. The van der Waals surface area contributed by atoms with Crippen molar-refractivity contribution in [3.63, 3.8) is 0 Å². The van der Waals surface area contributed by atoms with Crippen LogP contribution >= 0.6 is 0 Å². The van der Waals surface area contributed by atoms with E-state index in [1.54, 1.807) is 24.3 Å². The molecule has 5 nitrogen and oxygen atoms in total. The number of rotatable bonds is 5. The number of carbonyl (C=O) groups excluding carboxylic acids is 2.